The highest BCUT2D eigenvalue weighted by atomic mass is 19.4. The molecule has 0 radical (unpaired) electrons. The van der Waals surface area contributed by atoms with Gasteiger partial charge in [0.2, 0.25) is 5.88 Å². The lowest BCUT2D eigenvalue weighted by Gasteiger charge is -2.19. The molecule has 4 atom stereocenters. The molecule has 1 aromatic heterocycles. The molecular formula is C27H22F3NO3. The zero-order valence-electron chi connectivity index (χ0n) is 18.2. The second-order valence-corrected chi connectivity index (χ2v) is 9.43. The number of hydrogen-bond acceptors (Lipinski definition) is 3. The lowest BCUT2D eigenvalue weighted by Crippen LogP contribution is -2.11. The van der Waals surface area contributed by atoms with E-state index in [1.807, 2.05) is 24.3 Å². The number of halogens is 3. The lowest BCUT2D eigenvalue weighted by molar-refractivity contribution is -0.139. The first-order chi connectivity index (χ1) is 16.3. The fraction of sp³-hybridized carbons (Fsp3) is 0.333. The Hall–Kier alpha value is -3.35. The van der Waals surface area contributed by atoms with E-state index in [-0.39, 0.29) is 30.3 Å². The van der Waals surface area contributed by atoms with Crippen LogP contribution in [0, 0.1) is 11.8 Å². The Bertz CT molecular complexity index is 1300. The van der Waals surface area contributed by atoms with Gasteiger partial charge in [-0.15, -0.1) is 0 Å². The standard InChI is InChI=1S/C27H22F3NO3/c28-27(29,30)22-7-2-1-5-19(22)18-9-8-16-14(4-3-6-17(16)18)13-34-23-11-15-10-20-24(21(15)12-31-23)25(20)26(32)33/h1-7,11-12,18,20,24-25H,8-10,13H2,(H,32,33)/t18?,20-,24-,25+/m1/s1. The van der Waals surface area contributed by atoms with Gasteiger partial charge in [0, 0.05) is 24.1 Å². The molecule has 1 fully saturated rings. The van der Waals surface area contributed by atoms with E-state index in [2.05, 4.69) is 4.98 Å². The minimum absolute atomic E-state index is 0.0722. The van der Waals surface area contributed by atoms with Gasteiger partial charge in [-0.05, 0) is 64.6 Å². The van der Waals surface area contributed by atoms with E-state index in [0.717, 1.165) is 40.3 Å². The highest BCUT2D eigenvalue weighted by molar-refractivity contribution is 5.77. The van der Waals surface area contributed by atoms with Crippen molar-refractivity contribution >= 4 is 5.97 Å². The molecule has 6 rings (SSSR count). The summed E-state index contributed by atoms with van der Waals surface area (Å²) in [6, 6.07) is 13.5. The average Bonchev–Trinajstić information content (AvgIpc) is 3.17. The van der Waals surface area contributed by atoms with Crippen molar-refractivity contribution in [1.29, 1.82) is 0 Å². The first-order valence-corrected chi connectivity index (χ1v) is 11.4. The average molecular weight is 465 g/mol. The van der Waals surface area contributed by atoms with Crippen LogP contribution in [0.3, 0.4) is 0 Å². The third-order valence-corrected chi connectivity index (χ3v) is 7.65. The molecule has 3 aromatic rings. The fourth-order valence-electron chi connectivity index (χ4n) is 6.08. The second-order valence-electron chi connectivity index (χ2n) is 9.43. The zero-order chi connectivity index (χ0) is 23.6. The SMILES string of the molecule is O=C(O)[C@H]1[C@@H]2Cc3cc(OCc4cccc5c4CCC5c4ccccc4C(F)(F)F)ncc3[C@@H]21. The normalized spacial score (nSPS) is 24.3. The molecular weight excluding hydrogens is 443 g/mol. The van der Waals surface area contributed by atoms with Crippen LogP contribution in [0.2, 0.25) is 0 Å². The number of hydrogen-bond donors (Lipinski definition) is 1. The number of rotatable bonds is 5. The van der Waals surface area contributed by atoms with Crippen LogP contribution in [-0.2, 0) is 30.4 Å². The summed E-state index contributed by atoms with van der Waals surface area (Å²) in [7, 11) is 0. The number of alkyl halides is 3. The maximum absolute atomic E-state index is 13.6. The van der Waals surface area contributed by atoms with E-state index in [0.29, 0.717) is 24.3 Å². The van der Waals surface area contributed by atoms with E-state index >= 15 is 0 Å². The van der Waals surface area contributed by atoms with Gasteiger partial charge >= 0.3 is 12.1 Å². The van der Waals surface area contributed by atoms with Crippen molar-refractivity contribution in [3.05, 3.63) is 93.7 Å². The molecule has 1 unspecified atom stereocenters. The van der Waals surface area contributed by atoms with Gasteiger partial charge in [-0.25, -0.2) is 4.98 Å². The monoisotopic (exact) mass is 465 g/mol. The quantitative estimate of drug-likeness (QED) is 0.523. The Morgan fingerprint density at radius 1 is 1.09 bits per heavy atom. The Kier molecular flexibility index (Phi) is 4.73. The van der Waals surface area contributed by atoms with Crippen LogP contribution in [0.15, 0.2) is 54.7 Å². The van der Waals surface area contributed by atoms with Crippen LogP contribution in [0.4, 0.5) is 13.2 Å². The topological polar surface area (TPSA) is 59.4 Å². The highest BCUT2D eigenvalue weighted by Gasteiger charge is 2.59. The summed E-state index contributed by atoms with van der Waals surface area (Å²) >= 11 is 0. The Balaban J connectivity index is 1.21. The molecule has 0 bridgehead atoms. The molecule has 1 N–H and O–H groups in total. The number of aliphatic carboxylic acids is 1. The maximum atomic E-state index is 13.6. The fourth-order valence-corrected chi connectivity index (χ4v) is 6.08. The molecule has 0 saturated heterocycles. The summed E-state index contributed by atoms with van der Waals surface area (Å²) in [5.41, 5.74) is 4.80. The van der Waals surface area contributed by atoms with Crippen LogP contribution in [0.1, 0.15) is 57.2 Å². The van der Waals surface area contributed by atoms with Crippen molar-refractivity contribution < 1.29 is 27.8 Å². The molecule has 1 heterocycles. The zero-order valence-corrected chi connectivity index (χ0v) is 18.2. The smallest absolute Gasteiger partial charge is 0.416 e. The van der Waals surface area contributed by atoms with E-state index in [1.165, 1.54) is 6.07 Å². The molecule has 7 heteroatoms. The number of ether oxygens (including phenoxy) is 1. The number of pyridine rings is 1. The number of nitrogens with zero attached hydrogens (tertiary/aromatic N) is 1. The van der Waals surface area contributed by atoms with Crippen LogP contribution in [-0.4, -0.2) is 16.1 Å². The van der Waals surface area contributed by atoms with Crippen molar-refractivity contribution in [3.63, 3.8) is 0 Å². The van der Waals surface area contributed by atoms with Crippen LogP contribution >= 0.6 is 0 Å². The summed E-state index contributed by atoms with van der Waals surface area (Å²) in [6.07, 6.45) is -0.591. The van der Waals surface area contributed by atoms with E-state index in [4.69, 9.17) is 4.74 Å². The lowest BCUT2D eigenvalue weighted by atomic mass is 9.88. The predicted molar refractivity (Wildman–Crippen MR) is 118 cm³/mol. The molecule has 3 aliphatic carbocycles. The number of fused-ring (bicyclic) bond motifs is 4. The Morgan fingerprint density at radius 2 is 1.88 bits per heavy atom. The first kappa shape index (κ1) is 21.2. The van der Waals surface area contributed by atoms with Gasteiger partial charge in [0.1, 0.15) is 6.61 Å². The van der Waals surface area contributed by atoms with Gasteiger partial charge in [0.25, 0.3) is 0 Å². The van der Waals surface area contributed by atoms with Crippen molar-refractivity contribution in [2.75, 3.05) is 0 Å². The van der Waals surface area contributed by atoms with E-state index in [9.17, 15) is 23.1 Å². The summed E-state index contributed by atoms with van der Waals surface area (Å²) in [5.74, 6) is -0.596. The largest absolute Gasteiger partial charge is 0.481 e. The molecule has 3 aliphatic rings. The van der Waals surface area contributed by atoms with Crippen molar-refractivity contribution in [2.45, 2.75) is 43.9 Å². The van der Waals surface area contributed by atoms with Gasteiger partial charge in [-0.3, -0.25) is 4.79 Å². The van der Waals surface area contributed by atoms with Gasteiger partial charge < -0.3 is 9.84 Å². The van der Waals surface area contributed by atoms with Crippen molar-refractivity contribution in [3.8, 4) is 5.88 Å². The second kappa shape index (κ2) is 7.58. The van der Waals surface area contributed by atoms with Crippen LogP contribution < -0.4 is 4.74 Å². The minimum atomic E-state index is -4.38. The molecule has 0 aliphatic heterocycles. The number of carbonyl (C=O) groups is 1. The Morgan fingerprint density at radius 3 is 2.68 bits per heavy atom. The van der Waals surface area contributed by atoms with Crippen LogP contribution in [0.5, 0.6) is 5.88 Å². The van der Waals surface area contributed by atoms with Gasteiger partial charge in [0.05, 0.1) is 11.5 Å². The number of aromatic nitrogens is 1. The van der Waals surface area contributed by atoms with E-state index in [1.54, 1.807) is 18.3 Å². The number of benzene rings is 2. The summed E-state index contributed by atoms with van der Waals surface area (Å²) in [6.45, 7) is 0.285. The van der Waals surface area contributed by atoms with Gasteiger partial charge in [-0.1, -0.05) is 36.4 Å². The maximum Gasteiger partial charge on any atom is 0.416 e. The summed E-state index contributed by atoms with van der Waals surface area (Å²) in [4.78, 5) is 15.7. The summed E-state index contributed by atoms with van der Waals surface area (Å²) < 4.78 is 46.8. The molecule has 174 valence electrons. The predicted octanol–water partition coefficient (Wildman–Crippen LogP) is 5.73. The Labute approximate surface area is 194 Å². The number of carboxylic acid groups (broad SMARTS) is 1. The van der Waals surface area contributed by atoms with E-state index < -0.39 is 17.7 Å². The third kappa shape index (κ3) is 3.37. The molecule has 34 heavy (non-hydrogen) atoms. The molecule has 1 saturated carbocycles. The highest BCUT2D eigenvalue weighted by Crippen LogP contribution is 2.61. The van der Waals surface area contributed by atoms with Gasteiger partial charge in [0.15, 0.2) is 0 Å². The molecule has 2 aromatic carbocycles. The molecule has 0 spiro atoms. The van der Waals surface area contributed by atoms with Gasteiger partial charge in [-0.2, -0.15) is 13.2 Å². The first-order valence-electron chi connectivity index (χ1n) is 11.4. The molecule has 0 amide bonds. The number of carboxylic acids is 1. The third-order valence-electron chi connectivity index (χ3n) is 7.65. The van der Waals surface area contributed by atoms with Crippen molar-refractivity contribution in [2.24, 2.45) is 11.8 Å². The summed E-state index contributed by atoms with van der Waals surface area (Å²) in [5, 5.41) is 9.27. The van der Waals surface area contributed by atoms with Crippen LogP contribution in [0.25, 0.3) is 0 Å². The minimum Gasteiger partial charge on any atom is -0.481 e. The van der Waals surface area contributed by atoms with Crippen molar-refractivity contribution in [1.82, 2.24) is 4.98 Å². The molecule has 4 nitrogen and oxygen atoms in total.